The summed E-state index contributed by atoms with van der Waals surface area (Å²) in [6, 6.07) is 0.424. The van der Waals surface area contributed by atoms with Crippen LogP contribution in [0, 0.1) is 34.5 Å². The lowest BCUT2D eigenvalue weighted by molar-refractivity contribution is -0.159. The van der Waals surface area contributed by atoms with Crippen LogP contribution in [-0.2, 0) is 9.59 Å². The first-order valence-electron chi connectivity index (χ1n) is 12.4. The van der Waals surface area contributed by atoms with E-state index in [4.69, 9.17) is 0 Å². The SMILES string of the molecule is CCCCCNC(=O)[C@H]1CC[C@H]2[C@@H]3CC[C@H]4N(C)C(=O)CC[C@]4(C)[C@H]3CC[C@]12C. The molecule has 0 radical (unpaired) electrons. The Morgan fingerprint density at radius 3 is 2.55 bits per heavy atom. The zero-order chi connectivity index (χ0) is 20.8. The maximum Gasteiger partial charge on any atom is 0.223 e. The highest BCUT2D eigenvalue weighted by Crippen LogP contribution is 2.66. The molecule has 0 unspecified atom stereocenters. The molecule has 4 fully saturated rings. The summed E-state index contributed by atoms with van der Waals surface area (Å²) >= 11 is 0. The Balaban J connectivity index is 1.48. The van der Waals surface area contributed by atoms with E-state index in [1.165, 1.54) is 38.5 Å². The number of fused-ring (bicyclic) bond motifs is 5. The Bertz CT molecular complexity index is 649. The number of unbranched alkanes of at least 4 members (excludes halogenated alkanes) is 2. The first-order chi connectivity index (χ1) is 13.8. The van der Waals surface area contributed by atoms with Gasteiger partial charge in [-0.05, 0) is 80.0 Å². The second-order valence-electron chi connectivity index (χ2n) is 11.2. The minimum atomic E-state index is 0.176. The Morgan fingerprint density at radius 2 is 1.79 bits per heavy atom. The number of rotatable bonds is 5. The van der Waals surface area contributed by atoms with Gasteiger partial charge in [-0.1, -0.05) is 33.6 Å². The second kappa shape index (κ2) is 7.89. The molecule has 1 aliphatic heterocycles. The van der Waals surface area contributed by atoms with Gasteiger partial charge in [0.15, 0.2) is 0 Å². The third-order valence-electron chi connectivity index (χ3n) is 9.95. The molecular formula is C25H42N2O2. The molecule has 3 aliphatic carbocycles. The van der Waals surface area contributed by atoms with Gasteiger partial charge in [0.25, 0.3) is 0 Å². The lowest BCUT2D eigenvalue weighted by atomic mass is 9.47. The Labute approximate surface area is 177 Å². The van der Waals surface area contributed by atoms with Gasteiger partial charge in [0.1, 0.15) is 0 Å². The third-order valence-corrected chi connectivity index (χ3v) is 9.95. The average molecular weight is 403 g/mol. The topological polar surface area (TPSA) is 49.4 Å². The Hall–Kier alpha value is -1.06. The largest absolute Gasteiger partial charge is 0.356 e. The summed E-state index contributed by atoms with van der Waals surface area (Å²) in [6.45, 7) is 7.96. The number of carbonyl (C=O) groups excluding carboxylic acids is 2. The van der Waals surface area contributed by atoms with Gasteiger partial charge in [-0.2, -0.15) is 0 Å². The molecule has 1 saturated heterocycles. The van der Waals surface area contributed by atoms with Crippen LogP contribution in [0.15, 0.2) is 0 Å². The molecule has 4 heteroatoms. The maximum atomic E-state index is 13.0. The van der Waals surface area contributed by atoms with Crippen molar-refractivity contribution in [1.82, 2.24) is 10.2 Å². The fourth-order valence-electron chi connectivity index (χ4n) is 8.29. The van der Waals surface area contributed by atoms with Crippen molar-refractivity contribution in [1.29, 1.82) is 0 Å². The normalized spacial score (nSPS) is 44.1. The highest BCUT2D eigenvalue weighted by molar-refractivity contribution is 5.80. The quantitative estimate of drug-likeness (QED) is 0.673. The van der Waals surface area contributed by atoms with E-state index in [0.29, 0.717) is 23.8 Å². The van der Waals surface area contributed by atoms with Crippen molar-refractivity contribution in [3.05, 3.63) is 0 Å². The molecule has 0 aromatic rings. The van der Waals surface area contributed by atoms with Crippen LogP contribution in [0.2, 0.25) is 0 Å². The molecule has 1 heterocycles. The summed E-state index contributed by atoms with van der Waals surface area (Å²) in [7, 11) is 2.03. The van der Waals surface area contributed by atoms with Crippen molar-refractivity contribution in [2.45, 2.75) is 97.4 Å². The predicted molar refractivity (Wildman–Crippen MR) is 116 cm³/mol. The van der Waals surface area contributed by atoms with Crippen molar-refractivity contribution in [2.24, 2.45) is 34.5 Å². The van der Waals surface area contributed by atoms with Gasteiger partial charge in [-0.3, -0.25) is 9.59 Å². The summed E-state index contributed by atoms with van der Waals surface area (Å²) in [5, 5.41) is 3.27. The minimum Gasteiger partial charge on any atom is -0.356 e. The summed E-state index contributed by atoms with van der Waals surface area (Å²) in [6.07, 6.45) is 12.4. The van der Waals surface area contributed by atoms with E-state index in [9.17, 15) is 9.59 Å². The number of piperidine rings is 1. The zero-order valence-corrected chi connectivity index (χ0v) is 19.1. The van der Waals surface area contributed by atoms with Crippen molar-refractivity contribution in [2.75, 3.05) is 13.6 Å². The number of likely N-dealkylation sites (tertiary alicyclic amines) is 1. The molecule has 4 rings (SSSR count). The lowest BCUT2D eigenvalue weighted by Gasteiger charge is -2.61. The van der Waals surface area contributed by atoms with Gasteiger partial charge in [0.2, 0.25) is 11.8 Å². The second-order valence-corrected chi connectivity index (χ2v) is 11.2. The first kappa shape index (κ1) is 21.2. The van der Waals surface area contributed by atoms with Crippen LogP contribution >= 0.6 is 0 Å². The summed E-state index contributed by atoms with van der Waals surface area (Å²) in [5.74, 6) is 3.03. The lowest BCUT2D eigenvalue weighted by Crippen LogP contribution is -2.61. The summed E-state index contributed by atoms with van der Waals surface area (Å²) in [5.41, 5.74) is 0.447. The smallest absolute Gasteiger partial charge is 0.223 e. The molecular weight excluding hydrogens is 360 g/mol. The minimum absolute atomic E-state index is 0.176. The number of amides is 2. The molecule has 3 saturated carbocycles. The number of hydrogen-bond donors (Lipinski definition) is 1. The number of carbonyl (C=O) groups is 2. The summed E-state index contributed by atoms with van der Waals surface area (Å²) < 4.78 is 0. The predicted octanol–water partition coefficient (Wildman–Crippen LogP) is 4.77. The van der Waals surface area contributed by atoms with Gasteiger partial charge in [-0.15, -0.1) is 0 Å². The van der Waals surface area contributed by atoms with E-state index < -0.39 is 0 Å². The number of nitrogens with zero attached hydrogens (tertiary/aromatic N) is 1. The molecule has 0 spiro atoms. The highest BCUT2D eigenvalue weighted by Gasteiger charge is 2.62. The molecule has 29 heavy (non-hydrogen) atoms. The van der Waals surface area contributed by atoms with Gasteiger partial charge >= 0.3 is 0 Å². The first-order valence-corrected chi connectivity index (χ1v) is 12.4. The molecule has 7 atom stereocenters. The molecule has 0 bridgehead atoms. The molecule has 2 amide bonds. The molecule has 1 N–H and O–H groups in total. The van der Waals surface area contributed by atoms with E-state index in [0.717, 1.165) is 50.5 Å². The average Bonchev–Trinajstić information content (AvgIpc) is 3.06. The van der Waals surface area contributed by atoms with Crippen molar-refractivity contribution in [3.8, 4) is 0 Å². The Morgan fingerprint density at radius 1 is 1.03 bits per heavy atom. The fraction of sp³-hybridized carbons (Fsp3) is 0.920. The van der Waals surface area contributed by atoms with Crippen LogP contribution in [0.4, 0.5) is 0 Å². The fourth-order valence-corrected chi connectivity index (χ4v) is 8.29. The molecule has 0 aromatic heterocycles. The van der Waals surface area contributed by atoms with Crippen molar-refractivity contribution < 1.29 is 9.59 Å². The van der Waals surface area contributed by atoms with Gasteiger partial charge in [-0.25, -0.2) is 0 Å². The molecule has 0 aromatic carbocycles. The number of hydrogen-bond acceptors (Lipinski definition) is 2. The van der Waals surface area contributed by atoms with Crippen LogP contribution in [0.5, 0.6) is 0 Å². The van der Waals surface area contributed by atoms with Crippen LogP contribution in [0.25, 0.3) is 0 Å². The zero-order valence-electron chi connectivity index (χ0n) is 19.1. The molecule has 4 aliphatic rings. The standard InChI is InChI=1S/C25H42N2O2/c1-5-6-7-16-26-23(29)20-10-9-18-17-8-11-21-25(3,15-13-22(28)27(21)4)19(17)12-14-24(18,20)2/h17-21H,5-16H2,1-4H3,(H,26,29)/t17-,18-,19-,20+,21+,24-,25+/m0/s1. The van der Waals surface area contributed by atoms with E-state index in [-0.39, 0.29) is 16.7 Å². The monoisotopic (exact) mass is 402 g/mol. The van der Waals surface area contributed by atoms with Crippen molar-refractivity contribution in [3.63, 3.8) is 0 Å². The number of nitrogens with one attached hydrogen (secondary N) is 1. The molecule has 4 nitrogen and oxygen atoms in total. The maximum absolute atomic E-state index is 13.0. The van der Waals surface area contributed by atoms with Gasteiger partial charge < -0.3 is 10.2 Å². The van der Waals surface area contributed by atoms with Crippen LogP contribution in [0.3, 0.4) is 0 Å². The highest BCUT2D eigenvalue weighted by atomic mass is 16.2. The summed E-state index contributed by atoms with van der Waals surface area (Å²) in [4.78, 5) is 27.4. The van der Waals surface area contributed by atoms with Crippen LogP contribution < -0.4 is 5.32 Å². The third kappa shape index (κ3) is 3.33. The van der Waals surface area contributed by atoms with Gasteiger partial charge in [0, 0.05) is 32.0 Å². The van der Waals surface area contributed by atoms with E-state index in [1.807, 2.05) is 7.05 Å². The van der Waals surface area contributed by atoms with E-state index >= 15 is 0 Å². The Kier molecular flexibility index (Phi) is 5.76. The van der Waals surface area contributed by atoms with E-state index in [1.54, 1.807) is 0 Å². The van der Waals surface area contributed by atoms with Crippen LogP contribution in [-0.4, -0.2) is 36.3 Å². The van der Waals surface area contributed by atoms with Crippen LogP contribution in [0.1, 0.15) is 91.4 Å². The van der Waals surface area contributed by atoms with Gasteiger partial charge in [0.05, 0.1) is 0 Å². The van der Waals surface area contributed by atoms with Crippen molar-refractivity contribution >= 4 is 11.8 Å². The van der Waals surface area contributed by atoms with E-state index in [2.05, 4.69) is 31.0 Å². The molecule has 164 valence electrons.